The Labute approximate surface area is 222 Å². The van der Waals surface area contributed by atoms with Gasteiger partial charge in [-0.2, -0.15) is 42.1 Å². The zero-order chi connectivity index (χ0) is 24.2. The van der Waals surface area contributed by atoms with E-state index in [9.17, 15) is 30.4 Å². The molecule has 0 spiro atoms. The van der Waals surface area contributed by atoms with Crippen LogP contribution in [-0.2, 0) is 51.2 Å². The van der Waals surface area contributed by atoms with Crippen molar-refractivity contribution in [2.24, 2.45) is 0 Å². The monoisotopic (exact) mass is 578 g/mol. The number of phenolic OH excluding ortho intramolecular Hbond substituents is 1. The second-order valence-corrected chi connectivity index (χ2v) is 10.1. The van der Waals surface area contributed by atoms with Gasteiger partial charge in [0.05, 0.1) is 4.90 Å². The third-order valence-electron chi connectivity index (χ3n) is 1.87. The van der Waals surface area contributed by atoms with Gasteiger partial charge in [-0.25, -0.2) is 0 Å². The molecule has 18 nitrogen and oxygen atoms in total. The van der Waals surface area contributed by atoms with E-state index in [0.29, 0.717) is 0 Å². The van der Waals surface area contributed by atoms with Crippen molar-refractivity contribution in [3.05, 3.63) is 12.1 Å². The second-order valence-electron chi connectivity index (χ2n) is 4.09. The smallest absolute Gasteiger partial charge is 1.00 e. The molecule has 1 aromatic rings. The molecule has 0 aliphatic heterocycles. The van der Waals surface area contributed by atoms with Crippen molar-refractivity contribution in [1.82, 2.24) is 0 Å². The molecule has 0 bridgehead atoms. The third-order valence-corrected chi connectivity index (χ3v) is 4.43. The van der Waals surface area contributed by atoms with Crippen molar-refractivity contribution in [3.63, 3.8) is 0 Å². The molecular formula is C6H12Na2O18S5. The quantitative estimate of drug-likeness (QED) is 0.122. The van der Waals surface area contributed by atoms with E-state index in [4.69, 9.17) is 48.7 Å². The van der Waals surface area contributed by atoms with Crippen molar-refractivity contribution in [1.29, 1.82) is 0 Å². The number of benzene rings is 1. The number of aromatic hydroxyl groups is 1. The molecule has 176 valence electrons. The Morgan fingerprint density at radius 3 is 0.839 bits per heavy atom. The first-order valence-electron chi connectivity index (χ1n) is 5.44. The molecule has 0 saturated carbocycles. The van der Waals surface area contributed by atoms with E-state index in [0.717, 1.165) is 0 Å². The van der Waals surface area contributed by atoms with Gasteiger partial charge in [-0.05, 0) is 12.1 Å². The molecule has 0 heterocycles. The Hall–Kier alpha value is 0.490. The summed E-state index contributed by atoms with van der Waals surface area (Å²) in [5.74, 6) is -1.59. The zero-order valence-corrected chi connectivity index (χ0v) is 22.9. The van der Waals surface area contributed by atoms with Gasteiger partial charge in [0.15, 0.2) is 5.75 Å². The Bertz CT molecular complexity index is 1180. The van der Waals surface area contributed by atoms with Gasteiger partial charge >= 0.3 is 79.9 Å². The van der Waals surface area contributed by atoms with E-state index in [1.807, 2.05) is 0 Å². The van der Waals surface area contributed by atoms with Gasteiger partial charge in [-0.3, -0.25) is 31.9 Å². The van der Waals surface area contributed by atoms with Crippen LogP contribution in [0.4, 0.5) is 0 Å². The van der Waals surface area contributed by atoms with Crippen molar-refractivity contribution in [3.8, 4) is 5.75 Å². The molecule has 8 N–H and O–H groups in total. The predicted molar refractivity (Wildman–Crippen MR) is 88.1 cm³/mol. The van der Waals surface area contributed by atoms with Crippen LogP contribution in [0.1, 0.15) is 2.85 Å². The molecule has 0 fully saturated rings. The first-order valence-corrected chi connectivity index (χ1v) is 12.5. The van der Waals surface area contributed by atoms with Gasteiger partial charge in [0, 0.05) is 0 Å². The minimum atomic E-state index is -5.20. The van der Waals surface area contributed by atoms with Crippen molar-refractivity contribution >= 4 is 51.2 Å². The molecule has 0 aliphatic carbocycles. The molecule has 0 amide bonds. The Kier molecular flexibility index (Phi) is 16.7. The number of hydrogen-bond acceptors (Lipinski definition) is 11. The van der Waals surface area contributed by atoms with E-state index >= 15 is 0 Å². The summed E-state index contributed by atoms with van der Waals surface area (Å²) in [6.07, 6.45) is 0. The molecule has 1 aromatic carbocycles. The minimum Gasteiger partial charge on any atom is -1.00 e. The Morgan fingerprint density at radius 2 is 0.710 bits per heavy atom. The summed E-state index contributed by atoms with van der Waals surface area (Å²) in [4.78, 5) is -4.27. The Morgan fingerprint density at radius 1 is 0.516 bits per heavy atom. The van der Waals surface area contributed by atoms with Crippen molar-refractivity contribution < 1.29 is 141 Å². The number of hydrogen-bond donors (Lipinski definition) is 8. The van der Waals surface area contributed by atoms with Crippen LogP contribution in [-0.4, -0.2) is 79.1 Å². The summed E-state index contributed by atoms with van der Waals surface area (Å²) in [6.45, 7) is 0. The van der Waals surface area contributed by atoms with E-state index in [1.165, 1.54) is 0 Å². The van der Waals surface area contributed by atoms with Crippen LogP contribution < -0.4 is 59.1 Å². The number of phenols is 1. The fraction of sp³-hybridized carbons (Fsp3) is 0. The molecule has 0 unspecified atom stereocenters. The average Bonchev–Trinajstić information content (AvgIpc) is 2.30. The summed E-state index contributed by atoms with van der Waals surface area (Å²) < 4.78 is 154. The summed E-state index contributed by atoms with van der Waals surface area (Å²) in [5.41, 5.74) is 0. The SMILES string of the molecule is O=S(=O)(O)O.O=S(=O)(O)O.O=S(=O)(O)c1cc(S(=O)(=O)O)c(O)c(S(=O)(=O)O)c1.[H-].[H-].[Na+].[Na+]. The maximum Gasteiger partial charge on any atom is 1.00 e. The normalized spacial score (nSPS) is 12.0. The minimum absolute atomic E-state index is 0. The standard InChI is InChI=1S/C6H6O10S3.2Na.2H2O4S.2H/c7-6-4(18(11,12)13)1-3(17(8,9)10)2-5(6)19(14,15)16;;;2*1-5(2,3)4;;/h1-2,7H,(H,8,9,10)(H,11,12,13)(H,14,15,16);;;2*(H2,1,2,3,4);;/q;2*+1;;;2*-1. The molecule has 0 aromatic heterocycles. The van der Waals surface area contributed by atoms with E-state index in [-0.39, 0.29) is 74.1 Å². The Balaban J connectivity index is -0.000000111. The van der Waals surface area contributed by atoms with E-state index < -0.39 is 71.6 Å². The average molecular weight is 578 g/mol. The fourth-order valence-corrected chi connectivity index (χ4v) is 3.11. The first kappa shape index (κ1) is 38.7. The molecular weight excluding hydrogens is 566 g/mol. The van der Waals surface area contributed by atoms with Gasteiger partial charge in [0.25, 0.3) is 30.4 Å². The topological polar surface area (TPSA) is 333 Å². The van der Waals surface area contributed by atoms with Crippen LogP contribution in [0.5, 0.6) is 5.75 Å². The van der Waals surface area contributed by atoms with E-state index in [2.05, 4.69) is 0 Å². The van der Waals surface area contributed by atoms with Crippen LogP contribution in [0.25, 0.3) is 0 Å². The van der Waals surface area contributed by atoms with Gasteiger partial charge in [0.1, 0.15) is 9.79 Å². The molecule has 0 saturated heterocycles. The van der Waals surface area contributed by atoms with Crippen LogP contribution in [0.2, 0.25) is 0 Å². The molecule has 0 atom stereocenters. The van der Waals surface area contributed by atoms with Crippen molar-refractivity contribution in [2.45, 2.75) is 14.7 Å². The second kappa shape index (κ2) is 13.4. The predicted octanol–water partition coefficient (Wildman–Crippen LogP) is -7.94. The molecule has 0 aliphatic rings. The van der Waals surface area contributed by atoms with Gasteiger partial charge in [0.2, 0.25) is 0 Å². The molecule has 25 heteroatoms. The zero-order valence-electron chi connectivity index (χ0n) is 16.9. The summed E-state index contributed by atoms with van der Waals surface area (Å²) in [5, 5.41) is 9.30. The van der Waals surface area contributed by atoms with E-state index in [1.54, 1.807) is 0 Å². The largest absolute Gasteiger partial charge is 1.00 e. The summed E-state index contributed by atoms with van der Waals surface area (Å²) in [6, 6.07) is 0.239. The van der Waals surface area contributed by atoms with Crippen LogP contribution in [0.3, 0.4) is 0 Å². The molecule has 31 heavy (non-hydrogen) atoms. The fourth-order valence-electron chi connectivity index (χ4n) is 1.10. The maximum absolute atomic E-state index is 10.9. The first-order chi connectivity index (χ1) is 12.2. The number of rotatable bonds is 3. The molecule has 1 rings (SSSR count). The van der Waals surface area contributed by atoms with Gasteiger partial charge < -0.3 is 7.96 Å². The van der Waals surface area contributed by atoms with Crippen LogP contribution in [0, 0.1) is 0 Å². The third kappa shape index (κ3) is 20.8. The van der Waals surface area contributed by atoms with Gasteiger partial charge in [-0.1, -0.05) is 0 Å². The van der Waals surface area contributed by atoms with Crippen LogP contribution in [0.15, 0.2) is 26.8 Å². The maximum atomic E-state index is 10.9. The summed E-state index contributed by atoms with van der Waals surface area (Å²) in [7, 11) is -24.8. The van der Waals surface area contributed by atoms with Gasteiger partial charge in [-0.15, -0.1) is 0 Å². The summed E-state index contributed by atoms with van der Waals surface area (Å²) >= 11 is 0. The van der Waals surface area contributed by atoms with Crippen molar-refractivity contribution in [2.75, 3.05) is 0 Å². The molecule has 0 radical (unpaired) electrons. The van der Waals surface area contributed by atoms with Crippen LogP contribution >= 0.6 is 0 Å².